The zero-order chi connectivity index (χ0) is 14.5. The molecular weight excluding hydrogens is 318 g/mol. The van der Waals surface area contributed by atoms with Crippen LogP contribution in [0.25, 0.3) is 0 Å². The van der Waals surface area contributed by atoms with E-state index >= 15 is 0 Å². The average molecular weight is 334 g/mol. The van der Waals surface area contributed by atoms with Crippen LogP contribution in [0.2, 0.25) is 0 Å². The first-order valence-electron chi connectivity index (χ1n) is 6.39. The standard InChI is InChI=1S/C16H16BrNO2/c1-11-10-12(7-9-16(19)20)6-8-14(11)18-15-5-3-2-4-13(15)17/h2-6,8,10,18H,7,9H2,1H3,(H,19,20). The van der Waals surface area contributed by atoms with Crippen molar-refractivity contribution < 1.29 is 9.90 Å². The van der Waals surface area contributed by atoms with E-state index in [0.717, 1.165) is 27.0 Å². The van der Waals surface area contributed by atoms with Gasteiger partial charge in [0.1, 0.15) is 0 Å². The Morgan fingerprint density at radius 1 is 1.20 bits per heavy atom. The van der Waals surface area contributed by atoms with Gasteiger partial charge >= 0.3 is 5.97 Å². The van der Waals surface area contributed by atoms with E-state index in [4.69, 9.17) is 5.11 Å². The van der Waals surface area contributed by atoms with Crippen molar-refractivity contribution in [2.24, 2.45) is 0 Å². The van der Waals surface area contributed by atoms with Crippen molar-refractivity contribution in [1.29, 1.82) is 0 Å². The van der Waals surface area contributed by atoms with E-state index < -0.39 is 5.97 Å². The lowest BCUT2D eigenvalue weighted by Gasteiger charge is -2.12. The number of hydrogen-bond donors (Lipinski definition) is 2. The molecule has 2 aromatic carbocycles. The largest absolute Gasteiger partial charge is 0.481 e. The summed E-state index contributed by atoms with van der Waals surface area (Å²) in [7, 11) is 0. The summed E-state index contributed by atoms with van der Waals surface area (Å²) < 4.78 is 1.01. The fourth-order valence-electron chi connectivity index (χ4n) is 1.98. The highest BCUT2D eigenvalue weighted by Crippen LogP contribution is 2.27. The van der Waals surface area contributed by atoms with E-state index in [0.29, 0.717) is 6.42 Å². The quantitative estimate of drug-likeness (QED) is 0.845. The molecule has 0 aliphatic carbocycles. The minimum Gasteiger partial charge on any atom is -0.481 e. The Labute approximate surface area is 126 Å². The molecule has 104 valence electrons. The highest BCUT2D eigenvalue weighted by Gasteiger charge is 2.04. The molecule has 0 amide bonds. The number of carbonyl (C=O) groups is 1. The van der Waals surface area contributed by atoms with Gasteiger partial charge in [-0.1, -0.05) is 24.3 Å². The van der Waals surface area contributed by atoms with Crippen molar-refractivity contribution >= 4 is 33.3 Å². The van der Waals surface area contributed by atoms with Crippen LogP contribution in [0, 0.1) is 6.92 Å². The number of hydrogen-bond acceptors (Lipinski definition) is 2. The number of carboxylic acids is 1. The third-order valence-electron chi connectivity index (χ3n) is 3.06. The third-order valence-corrected chi connectivity index (χ3v) is 3.75. The number of nitrogens with one attached hydrogen (secondary N) is 1. The van der Waals surface area contributed by atoms with Crippen LogP contribution in [0.3, 0.4) is 0 Å². The summed E-state index contributed by atoms with van der Waals surface area (Å²) in [6.07, 6.45) is 0.724. The van der Waals surface area contributed by atoms with Gasteiger partial charge in [0, 0.05) is 16.6 Å². The molecule has 0 aliphatic rings. The fourth-order valence-corrected chi connectivity index (χ4v) is 2.36. The molecule has 0 fully saturated rings. The molecule has 0 aromatic heterocycles. The number of carboxylic acid groups (broad SMARTS) is 1. The first-order chi connectivity index (χ1) is 9.56. The van der Waals surface area contributed by atoms with Gasteiger partial charge < -0.3 is 10.4 Å². The topological polar surface area (TPSA) is 49.3 Å². The number of aliphatic carboxylic acids is 1. The molecule has 0 bridgehead atoms. The first-order valence-corrected chi connectivity index (χ1v) is 7.18. The lowest BCUT2D eigenvalue weighted by molar-refractivity contribution is -0.136. The van der Waals surface area contributed by atoms with Crippen LogP contribution in [0.1, 0.15) is 17.5 Å². The molecule has 0 atom stereocenters. The summed E-state index contributed by atoms with van der Waals surface area (Å²) in [5, 5.41) is 12.1. The van der Waals surface area contributed by atoms with E-state index in [1.807, 2.05) is 49.4 Å². The molecule has 20 heavy (non-hydrogen) atoms. The predicted molar refractivity (Wildman–Crippen MR) is 84.6 cm³/mol. The Morgan fingerprint density at radius 3 is 2.60 bits per heavy atom. The minimum absolute atomic E-state index is 0.163. The second-order valence-corrected chi connectivity index (χ2v) is 5.50. The molecule has 0 unspecified atom stereocenters. The van der Waals surface area contributed by atoms with Crippen molar-refractivity contribution in [1.82, 2.24) is 0 Å². The normalized spacial score (nSPS) is 10.3. The Balaban J connectivity index is 2.14. The number of anilines is 2. The predicted octanol–water partition coefficient (Wildman–Crippen LogP) is 4.52. The van der Waals surface area contributed by atoms with E-state index in [-0.39, 0.29) is 6.42 Å². The SMILES string of the molecule is Cc1cc(CCC(=O)O)ccc1Nc1ccccc1Br. The number of rotatable bonds is 5. The molecule has 0 heterocycles. The van der Waals surface area contributed by atoms with Crippen molar-refractivity contribution in [2.45, 2.75) is 19.8 Å². The zero-order valence-electron chi connectivity index (χ0n) is 11.2. The summed E-state index contributed by atoms with van der Waals surface area (Å²) in [6, 6.07) is 13.9. The van der Waals surface area contributed by atoms with Crippen LogP contribution in [0.5, 0.6) is 0 Å². The molecular formula is C16H16BrNO2. The van der Waals surface area contributed by atoms with Gasteiger partial charge in [-0.25, -0.2) is 0 Å². The Kier molecular flexibility index (Phi) is 4.79. The third kappa shape index (κ3) is 3.84. The Morgan fingerprint density at radius 2 is 1.95 bits per heavy atom. The van der Waals surface area contributed by atoms with Crippen molar-refractivity contribution in [3.8, 4) is 0 Å². The number of para-hydroxylation sites is 1. The summed E-state index contributed by atoms with van der Waals surface area (Å²) in [4.78, 5) is 10.6. The van der Waals surface area contributed by atoms with Crippen LogP contribution in [-0.2, 0) is 11.2 Å². The fraction of sp³-hybridized carbons (Fsp3) is 0.188. The van der Waals surface area contributed by atoms with Gasteiger partial charge in [-0.15, -0.1) is 0 Å². The molecule has 0 saturated carbocycles. The molecule has 0 aliphatic heterocycles. The van der Waals surface area contributed by atoms with Crippen molar-refractivity contribution in [3.05, 3.63) is 58.1 Å². The Hall–Kier alpha value is -1.81. The number of aryl methyl sites for hydroxylation is 2. The second-order valence-electron chi connectivity index (χ2n) is 4.65. The van der Waals surface area contributed by atoms with E-state index in [2.05, 4.69) is 21.2 Å². The maximum Gasteiger partial charge on any atom is 0.303 e. The summed E-state index contributed by atoms with van der Waals surface area (Å²) in [6.45, 7) is 2.02. The lowest BCUT2D eigenvalue weighted by Crippen LogP contribution is -1.99. The van der Waals surface area contributed by atoms with Crippen LogP contribution < -0.4 is 5.32 Å². The zero-order valence-corrected chi connectivity index (χ0v) is 12.8. The number of halogens is 1. The van der Waals surface area contributed by atoms with Gasteiger partial charge in [-0.2, -0.15) is 0 Å². The lowest BCUT2D eigenvalue weighted by atomic mass is 10.1. The molecule has 3 nitrogen and oxygen atoms in total. The summed E-state index contributed by atoms with van der Waals surface area (Å²) in [5.41, 5.74) is 4.18. The monoisotopic (exact) mass is 333 g/mol. The highest BCUT2D eigenvalue weighted by molar-refractivity contribution is 9.10. The van der Waals surface area contributed by atoms with Crippen LogP contribution in [-0.4, -0.2) is 11.1 Å². The summed E-state index contributed by atoms with van der Waals surface area (Å²) in [5.74, 6) is -0.766. The molecule has 4 heteroatoms. The molecule has 2 rings (SSSR count). The first kappa shape index (κ1) is 14.6. The van der Waals surface area contributed by atoms with Gasteiger partial charge in [0.15, 0.2) is 0 Å². The van der Waals surface area contributed by atoms with E-state index in [9.17, 15) is 4.79 Å². The van der Waals surface area contributed by atoms with Crippen LogP contribution in [0.15, 0.2) is 46.9 Å². The Bertz CT molecular complexity index is 626. The molecule has 0 spiro atoms. The summed E-state index contributed by atoms with van der Waals surface area (Å²) >= 11 is 3.51. The van der Waals surface area contributed by atoms with Gasteiger partial charge in [0.25, 0.3) is 0 Å². The minimum atomic E-state index is -0.766. The molecule has 0 saturated heterocycles. The molecule has 2 aromatic rings. The highest BCUT2D eigenvalue weighted by atomic mass is 79.9. The van der Waals surface area contributed by atoms with Crippen LogP contribution >= 0.6 is 15.9 Å². The second kappa shape index (κ2) is 6.57. The maximum atomic E-state index is 10.6. The van der Waals surface area contributed by atoms with Crippen molar-refractivity contribution in [3.63, 3.8) is 0 Å². The van der Waals surface area contributed by atoms with Gasteiger partial charge in [-0.3, -0.25) is 4.79 Å². The van der Waals surface area contributed by atoms with Gasteiger partial charge in [0.05, 0.1) is 5.69 Å². The van der Waals surface area contributed by atoms with E-state index in [1.165, 1.54) is 0 Å². The van der Waals surface area contributed by atoms with Gasteiger partial charge in [0.2, 0.25) is 0 Å². The smallest absolute Gasteiger partial charge is 0.303 e. The maximum absolute atomic E-state index is 10.6. The van der Waals surface area contributed by atoms with Crippen molar-refractivity contribution in [2.75, 3.05) is 5.32 Å². The number of benzene rings is 2. The molecule has 2 N–H and O–H groups in total. The van der Waals surface area contributed by atoms with E-state index in [1.54, 1.807) is 0 Å². The molecule has 0 radical (unpaired) electrons. The average Bonchev–Trinajstić information content (AvgIpc) is 2.41. The van der Waals surface area contributed by atoms with Gasteiger partial charge in [-0.05, 0) is 58.6 Å². The van der Waals surface area contributed by atoms with Crippen LogP contribution in [0.4, 0.5) is 11.4 Å².